The lowest BCUT2D eigenvalue weighted by atomic mass is 10.2. The molecule has 1 unspecified atom stereocenters. The van der Waals surface area contributed by atoms with Crippen LogP contribution in [-0.2, 0) is 0 Å². The molecule has 4 nitrogen and oxygen atoms in total. The second-order valence-electron chi connectivity index (χ2n) is 5.10. The topological polar surface area (TPSA) is 41.1 Å². The van der Waals surface area contributed by atoms with Gasteiger partial charge in [0.25, 0.3) is 0 Å². The molecule has 104 valence electrons. The average molecular weight is 289 g/mol. The minimum Gasteiger partial charge on any atom is -0.365 e. The lowest BCUT2D eigenvalue weighted by Crippen LogP contribution is -2.27. The van der Waals surface area contributed by atoms with E-state index in [2.05, 4.69) is 33.2 Å². The Morgan fingerprint density at radius 3 is 3.00 bits per heavy atom. The third-order valence-corrected chi connectivity index (χ3v) is 3.79. The zero-order valence-corrected chi connectivity index (χ0v) is 12.1. The molecule has 0 radical (unpaired) electrons. The van der Waals surface area contributed by atoms with Crippen molar-refractivity contribution in [2.45, 2.75) is 19.4 Å². The van der Waals surface area contributed by atoms with Crippen LogP contribution < -0.4 is 10.2 Å². The van der Waals surface area contributed by atoms with Crippen LogP contribution in [0.3, 0.4) is 0 Å². The minimum atomic E-state index is 0.377. The predicted octanol–water partition coefficient (Wildman–Crippen LogP) is 3.13. The van der Waals surface area contributed by atoms with Gasteiger partial charge >= 0.3 is 0 Å². The van der Waals surface area contributed by atoms with Gasteiger partial charge in [0, 0.05) is 31.5 Å². The first-order valence-corrected chi connectivity index (χ1v) is 7.15. The van der Waals surface area contributed by atoms with Gasteiger partial charge in [-0.2, -0.15) is 0 Å². The van der Waals surface area contributed by atoms with Crippen LogP contribution in [-0.4, -0.2) is 29.1 Å². The van der Waals surface area contributed by atoms with Gasteiger partial charge in [-0.05, 0) is 43.2 Å². The second kappa shape index (κ2) is 5.67. The van der Waals surface area contributed by atoms with Crippen LogP contribution in [0.25, 0.3) is 0 Å². The molecule has 0 saturated carbocycles. The normalized spacial score (nSPS) is 18.3. The number of halogens is 1. The minimum absolute atomic E-state index is 0.377. The van der Waals surface area contributed by atoms with Gasteiger partial charge in [-0.15, -0.1) is 0 Å². The first-order chi connectivity index (χ1) is 9.72. The van der Waals surface area contributed by atoms with E-state index >= 15 is 0 Å². The van der Waals surface area contributed by atoms with E-state index in [1.165, 1.54) is 5.56 Å². The Morgan fingerprint density at radius 1 is 1.30 bits per heavy atom. The third kappa shape index (κ3) is 2.85. The number of rotatable bonds is 3. The van der Waals surface area contributed by atoms with E-state index in [9.17, 15) is 0 Å². The molecule has 0 spiro atoms. The van der Waals surface area contributed by atoms with Gasteiger partial charge in [0.1, 0.15) is 11.6 Å². The summed E-state index contributed by atoms with van der Waals surface area (Å²) in [6, 6.07) is 8.18. The van der Waals surface area contributed by atoms with Gasteiger partial charge in [0.2, 0.25) is 0 Å². The first kappa shape index (κ1) is 13.2. The molecule has 2 aromatic heterocycles. The van der Waals surface area contributed by atoms with Crippen LogP contribution in [0.1, 0.15) is 12.0 Å². The van der Waals surface area contributed by atoms with Crippen LogP contribution in [0.5, 0.6) is 0 Å². The fraction of sp³-hybridized carbons (Fsp3) is 0.333. The smallest absolute Gasteiger partial charge is 0.147 e. The number of hydrogen-bond donors (Lipinski definition) is 1. The Morgan fingerprint density at radius 2 is 2.20 bits per heavy atom. The summed E-state index contributed by atoms with van der Waals surface area (Å²) in [5, 5.41) is 4.19. The fourth-order valence-electron chi connectivity index (χ4n) is 2.50. The lowest BCUT2D eigenvalue weighted by Gasteiger charge is -2.19. The van der Waals surface area contributed by atoms with Crippen molar-refractivity contribution in [3.8, 4) is 0 Å². The molecular formula is C15H17ClN4. The molecule has 2 aromatic rings. The summed E-state index contributed by atoms with van der Waals surface area (Å²) in [6.45, 7) is 3.92. The van der Waals surface area contributed by atoms with Crippen LogP contribution in [0, 0.1) is 6.92 Å². The van der Waals surface area contributed by atoms with Gasteiger partial charge in [-0.25, -0.2) is 9.97 Å². The summed E-state index contributed by atoms with van der Waals surface area (Å²) in [7, 11) is 0. The molecule has 20 heavy (non-hydrogen) atoms. The molecule has 3 heterocycles. The van der Waals surface area contributed by atoms with Gasteiger partial charge < -0.3 is 10.2 Å². The average Bonchev–Trinajstić information content (AvgIpc) is 2.87. The van der Waals surface area contributed by atoms with Gasteiger partial charge in [-0.1, -0.05) is 11.6 Å². The lowest BCUT2D eigenvalue weighted by molar-refractivity contribution is 0.799. The van der Waals surface area contributed by atoms with Crippen LogP contribution in [0.4, 0.5) is 11.6 Å². The molecule has 1 aliphatic heterocycles. The molecule has 0 aromatic carbocycles. The Kier molecular flexibility index (Phi) is 3.74. The van der Waals surface area contributed by atoms with E-state index < -0.39 is 0 Å². The molecule has 1 atom stereocenters. The maximum atomic E-state index is 6.20. The van der Waals surface area contributed by atoms with Gasteiger partial charge in [0.05, 0.1) is 5.02 Å². The van der Waals surface area contributed by atoms with Gasteiger partial charge in [-0.3, -0.25) is 0 Å². The Hall–Kier alpha value is -1.81. The molecule has 5 heteroatoms. The summed E-state index contributed by atoms with van der Waals surface area (Å²) in [4.78, 5) is 10.9. The molecule has 1 fully saturated rings. The molecule has 1 aliphatic rings. The quantitative estimate of drug-likeness (QED) is 0.942. The van der Waals surface area contributed by atoms with Crippen molar-refractivity contribution in [1.82, 2.24) is 9.97 Å². The number of pyridine rings is 2. The maximum Gasteiger partial charge on any atom is 0.147 e. The summed E-state index contributed by atoms with van der Waals surface area (Å²) < 4.78 is 0. The number of aromatic nitrogens is 2. The highest BCUT2D eigenvalue weighted by Gasteiger charge is 2.24. The van der Waals surface area contributed by atoms with Crippen molar-refractivity contribution in [3.05, 3.63) is 47.2 Å². The third-order valence-electron chi connectivity index (χ3n) is 3.49. The summed E-state index contributed by atoms with van der Waals surface area (Å²) in [5.74, 6) is 1.81. The number of nitrogens with zero attached hydrogens (tertiary/aromatic N) is 3. The highest BCUT2D eigenvalue weighted by atomic mass is 35.5. The number of nitrogens with one attached hydrogen (secondary N) is 1. The molecule has 0 aliphatic carbocycles. The zero-order valence-electron chi connectivity index (χ0n) is 11.4. The van der Waals surface area contributed by atoms with Crippen molar-refractivity contribution < 1.29 is 0 Å². The highest BCUT2D eigenvalue weighted by molar-refractivity contribution is 6.32. The standard InChI is InChI=1S/C15H17ClN4/c1-11-4-7-17-14(9-11)19-12-5-8-20(10-12)15-13(16)3-2-6-18-15/h2-4,6-7,9,12H,5,8,10H2,1H3,(H,17,19). The zero-order chi connectivity index (χ0) is 13.9. The first-order valence-electron chi connectivity index (χ1n) is 6.77. The van der Waals surface area contributed by atoms with Crippen LogP contribution in [0.15, 0.2) is 36.7 Å². The predicted molar refractivity (Wildman–Crippen MR) is 82.5 cm³/mol. The highest BCUT2D eigenvalue weighted by Crippen LogP contribution is 2.26. The number of aryl methyl sites for hydroxylation is 1. The van der Waals surface area contributed by atoms with Crippen LogP contribution >= 0.6 is 11.6 Å². The fourth-order valence-corrected chi connectivity index (χ4v) is 2.75. The monoisotopic (exact) mass is 288 g/mol. The Labute approximate surface area is 123 Å². The van der Waals surface area contributed by atoms with Crippen molar-refractivity contribution in [3.63, 3.8) is 0 Å². The van der Waals surface area contributed by atoms with E-state index in [1.807, 2.05) is 24.4 Å². The van der Waals surface area contributed by atoms with E-state index in [0.29, 0.717) is 11.1 Å². The molecule has 1 saturated heterocycles. The SMILES string of the molecule is Cc1ccnc(NC2CCN(c3ncccc3Cl)C2)c1. The maximum absolute atomic E-state index is 6.20. The van der Waals surface area contributed by atoms with Gasteiger partial charge in [0.15, 0.2) is 0 Å². The van der Waals surface area contributed by atoms with Crippen molar-refractivity contribution >= 4 is 23.2 Å². The van der Waals surface area contributed by atoms with Crippen molar-refractivity contribution in [1.29, 1.82) is 0 Å². The molecule has 0 amide bonds. The van der Waals surface area contributed by atoms with E-state index in [-0.39, 0.29) is 0 Å². The molecule has 0 bridgehead atoms. The summed E-state index contributed by atoms with van der Waals surface area (Å²) in [5.41, 5.74) is 1.21. The second-order valence-corrected chi connectivity index (χ2v) is 5.51. The van der Waals surface area contributed by atoms with Crippen molar-refractivity contribution in [2.24, 2.45) is 0 Å². The Bertz CT molecular complexity index is 602. The summed E-state index contributed by atoms with van der Waals surface area (Å²) in [6.07, 6.45) is 4.67. The van der Waals surface area contributed by atoms with Crippen LogP contribution in [0.2, 0.25) is 5.02 Å². The molecule has 1 N–H and O–H groups in total. The number of hydrogen-bond acceptors (Lipinski definition) is 4. The Balaban J connectivity index is 1.67. The van der Waals surface area contributed by atoms with E-state index in [4.69, 9.17) is 11.6 Å². The summed E-state index contributed by atoms with van der Waals surface area (Å²) >= 11 is 6.20. The number of anilines is 2. The van der Waals surface area contributed by atoms with Crippen molar-refractivity contribution in [2.75, 3.05) is 23.3 Å². The molecular weight excluding hydrogens is 272 g/mol. The van der Waals surface area contributed by atoms with E-state index in [1.54, 1.807) is 6.20 Å². The largest absolute Gasteiger partial charge is 0.365 e. The van der Waals surface area contributed by atoms with E-state index in [0.717, 1.165) is 31.1 Å². The molecule has 3 rings (SSSR count).